The van der Waals surface area contributed by atoms with Crippen LogP contribution in [0.3, 0.4) is 0 Å². The second-order valence-corrected chi connectivity index (χ2v) is 5.67. The molecule has 1 aromatic heterocycles. The van der Waals surface area contributed by atoms with Gasteiger partial charge < -0.3 is 10.6 Å². The van der Waals surface area contributed by atoms with Crippen molar-refractivity contribution in [3.63, 3.8) is 0 Å². The lowest BCUT2D eigenvalue weighted by molar-refractivity contribution is 0.282. The smallest absolute Gasteiger partial charge is 0.191 e. The Balaban J connectivity index is 1.65. The second-order valence-electron chi connectivity index (χ2n) is 5.67. The summed E-state index contributed by atoms with van der Waals surface area (Å²) in [5.74, 6) is 0.926. The highest BCUT2D eigenvalue weighted by Crippen LogP contribution is 2.25. The van der Waals surface area contributed by atoms with Gasteiger partial charge in [0.05, 0.1) is 0 Å². The van der Waals surface area contributed by atoms with Crippen molar-refractivity contribution in [2.45, 2.75) is 45.7 Å². The Morgan fingerprint density at radius 1 is 1.36 bits per heavy atom. The largest absolute Gasteiger partial charge is 0.357 e. The topological polar surface area (TPSA) is 57.5 Å². The van der Waals surface area contributed by atoms with Crippen LogP contribution in [0.25, 0.3) is 0 Å². The minimum atomic E-state index is 0.815. The molecule has 0 saturated heterocycles. The maximum Gasteiger partial charge on any atom is 0.191 e. The lowest BCUT2D eigenvalue weighted by Crippen LogP contribution is -2.42. The average molecular weight is 306 g/mol. The van der Waals surface area contributed by atoms with E-state index in [2.05, 4.69) is 39.5 Å². The lowest BCUT2D eigenvalue weighted by atomic mass is 10.4. The maximum atomic E-state index is 4.63. The minimum absolute atomic E-state index is 0.815. The molecule has 6 heteroatoms. The number of likely N-dealkylation sites (N-methyl/N-ethyl adjacent to an activating group) is 1. The summed E-state index contributed by atoms with van der Waals surface area (Å²) in [7, 11) is 0. The molecule has 1 saturated carbocycles. The summed E-state index contributed by atoms with van der Waals surface area (Å²) in [6.07, 6.45) is 7.55. The number of hydrogen-bond acceptors (Lipinski definition) is 3. The van der Waals surface area contributed by atoms with Gasteiger partial charge in [0.15, 0.2) is 5.96 Å². The Kier molecular flexibility index (Phi) is 7.22. The van der Waals surface area contributed by atoms with E-state index in [4.69, 9.17) is 0 Å². The average Bonchev–Trinajstić information content (AvgIpc) is 3.23. The van der Waals surface area contributed by atoms with Gasteiger partial charge in [-0.1, -0.05) is 6.92 Å². The third-order valence-electron chi connectivity index (χ3n) is 3.88. The van der Waals surface area contributed by atoms with Crippen LogP contribution in [-0.4, -0.2) is 59.4 Å². The van der Waals surface area contributed by atoms with Gasteiger partial charge in [0, 0.05) is 51.2 Å². The van der Waals surface area contributed by atoms with Crippen molar-refractivity contribution in [3.8, 4) is 0 Å². The first kappa shape index (κ1) is 16.8. The molecular weight excluding hydrogens is 276 g/mol. The van der Waals surface area contributed by atoms with Gasteiger partial charge in [0.25, 0.3) is 0 Å². The number of hydrogen-bond donors (Lipinski definition) is 2. The molecule has 1 fully saturated rings. The van der Waals surface area contributed by atoms with E-state index in [0.29, 0.717) is 0 Å². The van der Waals surface area contributed by atoms with Crippen LogP contribution in [0.2, 0.25) is 0 Å². The lowest BCUT2D eigenvalue weighted by Gasteiger charge is -2.20. The third kappa shape index (κ3) is 6.05. The minimum Gasteiger partial charge on any atom is -0.357 e. The van der Waals surface area contributed by atoms with Crippen molar-refractivity contribution in [1.82, 2.24) is 25.3 Å². The number of aryl methyl sites for hydroxylation is 1. The van der Waals surface area contributed by atoms with E-state index in [1.54, 1.807) is 0 Å². The van der Waals surface area contributed by atoms with Crippen LogP contribution in [0.5, 0.6) is 0 Å². The van der Waals surface area contributed by atoms with Gasteiger partial charge in [-0.05, 0) is 38.8 Å². The van der Waals surface area contributed by atoms with Gasteiger partial charge in [0.1, 0.15) is 0 Å². The van der Waals surface area contributed by atoms with Crippen LogP contribution >= 0.6 is 0 Å². The van der Waals surface area contributed by atoms with Crippen molar-refractivity contribution in [1.29, 1.82) is 0 Å². The molecule has 1 aliphatic carbocycles. The molecule has 0 radical (unpaired) electrons. The Labute approximate surface area is 134 Å². The second kappa shape index (κ2) is 9.46. The van der Waals surface area contributed by atoms with Crippen LogP contribution in [0.4, 0.5) is 0 Å². The standard InChI is InChI=1S/C16H30N6/c1-3-17-16(18-9-5-12-22-13-6-10-20-22)19-11-14-21(4-2)15-7-8-15/h6,10,13,15H,3-5,7-9,11-12,14H2,1-2H3,(H2,17,18,19). The molecule has 2 N–H and O–H groups in total. The molecule has 0 aliphatic heterocycles. The number of aliphatic imine (C=N–C) groups is 1. The third-order valence-corrected chi connectivity index (χ3v) is 3.88. The first-order valence-corrected chi connectivity index (χ1v) is 8.57. The zero-order valence-electron chi connectivity index (χ0n) is 14.0. The van der Waals surface area contributed by atoms with Crippen molar-refractivity contribution in [2.75, 3.05) is 32.7 Å². The summed E-state index contributed by atoms with van der Waals surface area (Å²) in [5, 5.41) is 10.9. The zero-order valence-corrected chi connectivity index (χ0v) is 14.0. The van der Waals surface area contributed by atoms with Gasteiger partial charge >= 0.3 is 0 Å². The molecule has 124 valence electrons. The van der Waals surface area contributed by atoms with Gasteiger partial charge in [-0.25, -0.2) is 0 Å². The number of aromatic nitrogens is 2. The summed E-state index contributed by atoms with van der Waals surface area (Å²) in [6.45, 7) is 10.2. The molecule has 0 bridgehead atoms. The number of nitrogens with one attached hydrogen (secondary N) is 2. The van der Waals surface area contributed by atoms with E-state index < -0.39 is 0 Å². The summed E-state index contributed by atoms with van der Waals surface area (Å²) in [5.41, 5.74) is 0. The summed E-state index contributed by atoms with van der Waals surface area (Å²) >= 11 is 0. The van der Waals surface area contributed by atoms with E-state index >= 15 is 0 Å². The maximum absolute atomic E-state index is 4.63. The fourth-order valence-electron chi connectivity index (χ4n) is 2.55. The van der Waals surface area contributed by atoms with Gasteiger partial charge in [-0.15, -0.1) is 0 Å². The molecule has 0 aromatic carbocycles. The van der Waals surface area contributed by atoms with Crippen LogP contribution in [0.15, 0.2) is 23.5 Å². The van der Waals surface area contributed by atoms with Crippen LogP contribution in [0.1, 0.15) is 33.1 Å². The van der Waals surface area contributed by atoms with Gasteiger partial charge in [0.2, 0.25) is 0 Å². The molecule has 1 aromatic rings. The van der Waals surface area contributed by atoms with E-state index in [1.165, 1.54) is 12.8 Å². The first-order valence-electron chi connectivity index (χ1n) is 8.57. The van der Waals surface area contributed by atoms with Crippen molar-refractivity contribution < 1.29 is 0 Å². The van der Waals surface area contributed by atoms with Crippen LogP contribution in [-0.2, 0) is 6.54 Å². The molecule has 6 nitrogen and oxygen atoms in total. The molecule has 0 spiro atoms. The van der Waals surface area contributed by atoms with Crippen molar-refractivity contribution >= 4 is 5.96 Å². The monoisotopic (exact) mass is 306 g/mol. The van der Waals surface area contributed by atoms with Crippen LogP contribution < -0.4 is 10.6 Å². The first-order chi connectivity index (χ1) is 10.8. The van der Waals surface area contributed by atoms with E-state index in [9.17, 15) is 0 Å². The Morgan fingerprint density at radius 3 is 2.86 bits per heavy atom. The molecular formula is C16H30N6. The zero-order chi connectivity index (χ0) is 15.6. The summed E-state index contributed by atoms with van der Waals surface area (Å²) < 4.78 is 1.95. The number of nitrogens with zero attached hydrogens (tertiary/aromatic N) is 4. The summed E-state index contributed by atoms with van der Waals surface area (Å²) in [6, 6.07) is 2.79. The highest BCUT2D eigenvalue weighted by molar-refractivity contribution is 5.79. The fraction of sp³-hybridized carbons (Fsp3) is 0.750. The van der Waals surface area contributed by atoms with Gasteiger partial charge in [-0.3, -0.25) is 14.6 Å². The van der Waals surface area contributed by atoms with Crippen molar-refractivity contribution in [3.05, 3.63) is 18.5 Å². The van der Waals surface area contributed by atoms with Crippen LogP contribution in [0, 0.1) is 0 Å². The Hall–Kier alpha value is -1.56. The van der Waals surface area contributed by atoms with Gasteiger partial charge in [-0.2, -0.15) is 5.10 Å². The molecule has 0 amide bonds. The fourth-order valence-corrected chi connectivity index (χ4v) is 2.55. The molecule has 22 heavy (non-hydrogen) atoms. The quantitative estimate of drug-likeness (QED) is 0.389. The van der Waals surface area contributed by atoms with E-state index in [-0.39, 0.29) is 0 Å². The molecule has 2 rings (SSSR count). The van der Waals surface area contributed by atoms with E-state index in [1.807, 2.05) is 23.1 Å². The highest BCUT2D eigenvalue weighted by Gasteiger charge is 2.27. The Morgan fingerprint density at radius 2 is 2.23 bits per heavy atom. The highest BCUT2D eigenvalue weighted by atomic mass is 15.3. The predicted molar refractivity (Wildman–Crippen MR) is 91.1 cm³/mol. The normalized spacial score (nSPS) is 15.3. The van der Waals surface area contributed by atoms with E-state index in [0.717, 1.165) is 57.7 Å². The number of guanidine groups is 1. The Bertz CT molecular complexity index is 424. The number of rotatable bonds is 10. The SMILES string of the molecule is CCNC(=NCCCn1cccn1)NCCN(CC)C1CC1. The molecule has 1 heterocycles. The summed E-state index contributed by atoms with van der Waals surface area (Å²) in [4.78, 5) is 7.18. The predicted octanol–water partition coefficient (Wildman–Crippen LogP) is 1.31. The molecule has 0 unspecified atom stereocenters. The molecule has 0 atom stereocenters. The molecule has 1 aliphatic rings. The van der Waals surface area contributed by atoms with Crippen molar-refractivity contribution in [2.24, 2.45) is 4.99 Å².